The van der Waals surface area contributed by atoms with Crippen LogP contribution in [0.3, 0.4) is 0 Å². The molecule has 2 rings (SSSR count). The molecule has 0 aliphatic rings. The number of hydrogen-bond donors (Lipinski definition) is 1. The number of aromatic nitrogens is 1. The molecule has 0 aliphatic carbocycles. The summed E-state index contributed by atoms with van der Waals surface area (Å²) in [6.45, 7) is 2.26. The van der Waals surface area contributed by atoms with E-state index in [1.165, 1.54) is 12.1 Å². The first-order valence-corrected chi connectivity index (χ1v) is 10.2. The summed E-state index contributed by atoms with van der Waals surface area (Å²) in [6, 6.07) is 9.93. The van der Waals surface area contributed by atoms with E-state index in [0.29, 0.717) is 12.7 Å². The predicted octanol–water partition coefficient (Wildman–Crippen LogP) is 3.66. The first-order valence-electron chi connectivity index (χ1n) is 8.27. The average molecular weight is 410 g/mol. The number of alkyl halides is 2. The number of sulfone groups is 1. The van der Waals surface area contributed by atoms with Gasteiger partial charge in [0.15, 0.2) is 9.84 Å². The molecule has 9 heteroatoms. The minimum absolute atomic E-state index is 0.0588. The Hall–Kier alpha value is -2.81. The van der Waals surface area contributed by atoms with E-state index >= 15 is 0 Å². The quantitative estimate of drug-likeness (QED) is 0.753. The van der Waals surface area contributed by atoms with Gasteiger partial charge in [0, 0.05) is 24.6 Å². The first-order chi connectivity index (χ1) is 13.0. The molecular formula is C19H20F2N2O4S. The average Bonchev–Trinajstić information content (AvgIpc) is 2.59. The highest BCUT2D eigenvalue weighted by molar-refractivity contribution is 7.93. The topological polar surface area (TPSA) is 85.4 Å². The SMILES string of the molecule is CC(C=CS(C)(=O)=O)NC(=O)c1ccc(C(C)(F)F)nc1Oc1ccccc1. The second-order valence-corrected chi connectivity index (χ2v) is 8.20. The molecule has 150 valence electrons. The van der Waals surface area contributed by atoms with Gasteiger partial charge in [0.2, 0.25) is 5.88 Å². The zero-order chi connectivity index (χ0) is 20.9. The number of pyridine rings is 1. The van der Waals surface area contributed by atoms with Crippen molar-refractivity contribution < 1.29 is 26.7 Å². The van der Waals surface area contributed by atoms with Crippen LogP contribution in [0.1, 0.15) is 29.9 Å². The van der Waals surface area contributed by atoms with Crippen molar-refractivity contribution in [2.75, 3.05) is 6.26 Å². The lowest BCUT2D eigenvalue weighted by molar-refractivity contribution is 0.0122. The number of amides is 1. The van der Waals surface area contributed by atoms with Gasteiger partial charge in [-0.05, 0) is 31.2 Å². The lowest BCUT2D eigenvalue weighted by atomic mass is 10.1. The highest BCUT2D eigenvalue weighted by Crippen LogP contribution is 2.30. The van der Waals surface area contributed by atoms with Crippen LogP contribution in [0.15, 0.2) is 53.9 Å². The van der Waals surface area contributed by atoms with Gasteiger partial charge in [-0.2, -0.15) is 8.78 Å². The Morgan fingerprint density at radius 1 is 1.21 bits per heavy atom. The van der Waals surface area contributed by atoms with E-state index in [2.05, 4.69) is 10.3 Å². The summed E-state index contributed by atoms with van der Waals surface area (Å²) in [5, 5.41) is 3.53. The molecule has 1 atom stereocenters. The summed E-state index contributed by atoms with van der Waals surface area (Å²) in [4.78, 5) is 16.4. The van der Waals surface area contributed by atoms with Gasteiger partial charge in [0.1, 0.15) is 17.0 Å². The molecule has 1 aromatic heterocycles. The van der Waals surface area contributed by atoms with E-state index in [1.807, 2.05) is 0 Å². The van der Waals surface area contributed by atoms with Gasteiger partial charge in [-0.1, -0.05) is 24.3 Å². The maximum absolute atomic E-state index is 13.6. The van der Waals surface area contributed by atoms with E-state index in [1.54, 1.807) is 37.3 Å². The normalized spacial score (nSPS) is 13.3. The first kappa shape index (κ1) is 21.5. The molecule has 1 aromatic carbocycles. The number of para-hydroxylation sites is 1. The number of carbonyl (C=O) groups is 1. The van der Waals surface area contributed by atoms with Gasteiger partial charge < -0.3 is 10.1 Å². The monoisotopic (exact) mass is 410 g/mol. The van der Waals surface area contributed by atoms with Crippen molar-refractivity contribution in [2.24, 2.45) is 0 Å². The van der Waals surface area contributed by atoms with Gasteiger partial charge in [-0.25, -0.2) is 13.4 Å². The van der Waals surface area contributed by atoms with Crippen molar-refractivity contribution in [1.29, 1.82) is 0 Å². The molecular weight excluding hydrogens is 390 g/mol. The van der Waals surface area contributed by atoms with E-state index in [-0.39, 0.29) is 11.4 Å². The number of hydrogen-bond acceptors (Lipinski definition) is 5. The van der Waals surface area contributed by atoms with Gasteiger partial charge in [-0.3, -0.25) is 4.79 Å². The van der Waals surface area contributed by atoms with Crippen LogP contribution in [0.25, 0.3) is 0 Å². The summed E-state index contributed by atoms with van der Waals surface area (Å²) in [5.74, 6) is -3.81. The van der Waals surface area contributed by atoms with Crippen LogP contribution in [0, 0.1) is 0 Å². The standard InChI is InChI=1S/C19H20F2N2O4S/c1-13(11-12-28(3,25)26)22-17(24)15-9-10-16(19(2,20)21)23-18(15)27-14-7-5-4-6-8-14/h4-13H,1-3H3,(H,22,24). The predicted molar refractivity (Wildman–Crippen MR) is 101 cm³/mol. The van der Waals surface area contributed by atoms with Gasteiger partial charge in [0.05, 0.1) is 0 Å². The maximum Gasteiger partial charge on any atom is 0.287 e. The van der Waals surface area contributed by atoms with Crippen molar-refractivity contribution in [3.8, 4) is 11.6 Å². The summed E-state index contributed by atoms with van der Waals surface area (Å²) < 4.78 is 55.2. The van der Waals surface area contributed by atoms with Crippen LogP contribution in [0.2, 0.25) is 0 Å². The third-order valence-electron chi connectivity index (χ3n) is 3.49. The third kappa shape index (κ3) is 6.41. The molecule has 0 spiro atoms. The molecule has 0 aliphatic heterocycles. The van der Waals surface area contributed by atoms with Crippen molar-refractivity contribution in [3.05, 3.63) is 65.2 Å². The van der Waals surface area contributed by atoms with Crippen LogP contribution in [0.5, 0.6) is 11.6 Å². The number of halogens is 2. The molecule has 1 unspecified atom stereocenters. The summed E-state index contributed by atoms with van der Waals surface area (Å²) in [6.07, 6.45) is 2.32. The fraction of sp³-hybridized carbons (Fsp3) is 0.263. The molecule has 0 radical (unpaired) electrons. The lowest BCUT2D eigenvalue weighted by Crippen LogP contribution is -2.31. The molecule has 0 saturated heterocycles. The van der Waals surface area contributed by atoms with Crippen LogP contribution in [0.4, 0.5) is 8.78 Å². The van der Waals surface area contributed by atoms with Crippen molar-refractivity contribution in [1.82, 2.24) is 10.3 Å². The smallest absolute Gasteiger partial charge is 0.287 e. The van der Waals surface area contributed by atoms with Crippen LogP contribution < -0.4 is 10.1 Å². The summed E-state index contributed by atoms with van der Waals surface area (Å²) >= 11 is 0. The molecule has 2 aromatic rings. The van der Waals surface area contributed by atoms with Crippen LogP contribution in [-0.4, -0.2) is 31.6 Å². The zero-order valence-corrected chi connectivity index (χ0v) is 16.3. The molecule has 1 amide bonds. The fourth-order valence-corrected chi connectivity index (χ4v) is 2.65. The number of rotatable bonds is 7. The Morgan fingerprint density at radius 3 is 2.43 bits per heavy atom. The Morgan fingerprint density at radius 2 is 1.86 bits per heavy atom. The minimum atomic E-state index is -3.34. The number of nitrogens with one attached hydrogen (secondary N) is 1. The zero-order valence-electron chi connectivity index (χ0n) is 15.5. The maximum atomic E-state index is 13.6. The molecule has 0 fully saturated rings. The molecule has 0 bridgehead atoms. The Bertz CT molecular complexity index is 971. The Balaban J connectivity index is 2.33. The van der Waals surface area contributed by atoms with Crippen LogP contribution in [-0.2, 0) is 15.8 Å². The lowest BCUT2D eigenvalue weighted by Gasteiger charge is -2.16. The van der Waals surface area contributed by atoms with Crippen molar-refractivity contribution in [3.63, 3.8) is 0 Å². The van der Waals surface area contributed by atoms with Crippen molar-refractivity contribution >= 4 is 15.7 Å². The van der Waals surface area contributed by atoms with Gasteiger partial charge >= 0.3 is 0 Å². The second-order valence-electron chi connectivity index (χ2n) is 6.27. The second kappa shape index (κ2) is 8.47. The highest BCUT2D eigenvalue weighted by Gasteiger charge is 2.28. The third-order valence-corrected chi connectivity index (χ3v) is 4.14. The molecule has 6 nitrogen and oxygen atoms in total. The fourth-order valence-electron chi connectivity index (χ4n) is 2.13. The largest absolute Gasteiger partial charge is 0.438 e. The van der Waals surface area contributed by atoms with E-state index in [0.717, 1.165) is 17.7 Å². The number of carbonyl (C=O) groups excluding carboxylic acids is 1. The Labute approximate surface area is 162 Å². The van der Waals surface area contributed by atoms with E-state index in [4.69, 9.17) is 4.74 Å². The van der Waals surface area contributed by atoms with E-state index < -0.39 is 33.4 Å². The molecule has 0 saturated carbocycles. The highest BCUT2D eigenvalue weighted by atomic mass is 32.2. The Kier molecular flexibility index (Phi) is 6.50. The molecule has 1 N–H and O–H groups in total. The van der Waals surface area contributed by atoms with E-state index in [9.17, 15) is 22.0 Å². The van der Waals surface area contributed by atoms with Gasteiger partial charge in [-0.15, -0.1) is 0 Å². The summed E-state index contributed by atoms with van der Waals surface area (Å²) in [5.41, 5.74) is -0.600. The van der Waals surface area contributed by atoms with Crippen molar-refractivity contribution in [2.45, 2.75) is 25.8 Å². The van der Waals surface area contributed by atoms with Gasteiger partial charge in [0.25, 0.3) is 11.8 Å². The molecule has 28 heavy (non-hydrogen) atoms. The number of ether oxygens (including phenoxy) is 1. The van der Waals surface area contributed by atoms with Crippen LogP contribution >= 0.6 is 0 Å². The molecule has 1 heterocycles. The minimum Gasteiger partial charge on any atom is -0.438 e. The summed E-state index contributed by atoms with van der Waals surface area (Å²) in [7, 11) is -3.34. The number of benzene rings is 1. The number of nitrogens with zero attached hydrogens (tertiary/aromatic N) is 1.